The number of rotatable bonds is 8. The molecule has 2 atom stereocenters. The van der Waals surface area contributed by atoms with Gasteiger partial charge in [0.1, 0.15) is 0 Å². The van der Waals surface area contributed by atoms with E-state index in [4.69, 9.17) is 4.74 Å². The largest absolute Gasteiger partial charge is 0.377 e. The van der Waals surface area contributed by atoms with Crippen LogP contribution in [0.4, 0.5) is 0 Å². The van der Waals surface area contributed by atoms with Crippen molar-refractivity contribution in [2.45, 2.75) is 39.2 Å². The highest BCUT2D eigenvalue weighted by atomic mass is 32.2. The summed E-state index contributed by atoms with van der Waals surface area (Å²) in [6, 6.07) is 0. The lowest BCUT2D eigenvalue weighted by Gasteiger charge is -2.09. The highest BCUT2D eigenvalue weighted by Crippen LogP contribution is 2.12. The van der Waals surface area contributed by atoms with Crippen LogP contribution in [0.25, 0.3) is 0 Å². The predicted octanol–water partition coefficient (Wildman–Crippen LogP) is 1.55. The minimum Gasteiger partial charge on any atom is -0.377 e. The van der Waals surface area contributed by atoms with E-state index in [1.165, 1.54) is 0 Å². The molecule has 96 valence electrons. The molecule has 0 aromatic heterocycles. The van der Waals surface area contributed by atoms with Crippen LogP contribution in [0.15, 0.2) is 0 Å². The molecule has 0 aliphatic carbocycles. The van der Waals surface area contributed by atoms with Crippen LogP contribution in [0, 0.1) is 5.92 Å². The molecule has 0 spiro atoms. The van der Waals surface area contributed by atoms with Gasteiger partial charge in [0.25, 0.3) is 0 Å². The van der Waals surface area contributed by atoms with Crippen molar-refractivity contribution in [1.29, 1.82) is 0 Å². The summed E-state index contributed by atoms with van der Waals surface area (Å²) in [5, 5.41) is 3.37. The molecule has 1 heterocycles. The van der Waals surface area contributed by atoms with E-state index in [0.717, 1.165) is 50.5 Å². The summed E-state index contributed by atoms with van der Waals surface area (Å²) in [7, 11) is -0.689. The molecule has 1 saturated heterocycles. The normalized spacial score (nSPS) is 22.8. The standard InChI is InChI=1S/C12H25NO2S/c1-11(2)9-13-6-4-8-16(14)10-12-5-3-7-15-12/h11-13H,3-10H2,1-2H3. The van der Waals surface area contributed by atoms with Crippen LogP contribution < -0.4 is 5.32 Å². The summed E-state index contributed by atoms with van der Waals surface area (Å²) in [5.41, 5.74) is 0. The molecule has 0 saturated carbocycles. The van der Waals surface area contributed by atoms with Crippen LogP contribution >= 0.6 is 0 Å². The molecule has 2 unspecified atom stereocenters. The van der Waals surface area contributed by atoms with Crippen LogP contribution in [0.2, 0.25) is 0 Å². The first-order valence-corrected chi connectivity index (χ1v) is 7.84. The van der Waals surface area contributed by atoms with Crippen molar-refractivity contribution < 1.29 is 8.95 Å². The van der Waals surface area contributed by atoms with E-state index in [1.807, 2.05) is 0 Å². The Labute approximate surface area is 102 Å². The maximum Gasteiger partial charge on any atom is 0.0691 e. The first kappa shape index (κ1) is 14.1. The van der Waals surface area contributed by atoms with Crippen molar-refractivity contribution in [3.63, 3.8) is 0 Å². The Kier molecular flexibility index (Phi) is 7.25. The number of nitrogens with one attached hydrogen (secondary N) is 1. The van der Waals surface area contributed by atoms with Crippen LogP contribution in [-0.4, -0.2) is 41.5 Å². The van der Waals surface area contributed by atoms with Gasteiger partial charge in [0, 0.05) is 28.9 Å². The minimum atomic E-state index is -0.689. The maximum atomic E-state index is 11.7. The molecule has 0 aromatic carbocycles. The van der Waals surface area contributed by atoms with Gasteiger partial charge in [-0.2, -0.15) is 0 Å². The molecule has 0 aromatic rings. The topological polar surface area (TPSA) is 38.3 Å². The van der Waals surface area contributed by atoms with E-state index >= 15 is 0 Å². The van der Waals surface area contributed by atoms with Crippen molar-refractivity contribution in [3.8, 4) is 0 Å². The van der Waals surface area contributed by atoms with Crippen LogP contribution in [0.1, 0.15) is 33.1 Å². The van der Waals surface area contributed by atoms with Crippen LogP contribution in [0.3, 0.4) is 0 Å². The summed E-state index contributed by atoms with van der Waals surface area (Å²) in [6.07, 6.45) is 3.51. The van der Waals surface area contributed by atoms with E-state index in [0.29, 0.717) is 5.92 Å². The highest BCUT2D eigenvalue weighted by Gasteiger charge is 2.17. The molecular formula is C12H25NO2S. The number of hydrogen-bond acceptors (Lipinski definition) is 3. The zero-order valence-corrected chi connectivity index (χ0v) is 11.4. The lowest BCUT2D eigenvalue weighted by molar-refractivity contribution is 0.128. The van der Waals surface area contributed by atoms with Crippen LogP contribution in [0.5, 0.6) is 0 Å². The molecule has 0 amide bonds. The smallest absolute Gasteiger partial charge is 0.0691 e. The molecule has 1 fully saturated rings. The van der Waals surface area contributed by atoms with E-state index in [1.54, 1.807) is 0 Å². The van der Waals surface area contributed by atoms with E-state index < -0.39 is 10.8 Å². The first-order chi connectivity index (χ1) is 7.68. The van der Waals surface area contributed by atoms with Crippen molar-refractivity contribution in [2.75, 3.05) is 31.2 Å². The molecule has 3 nitrogen and oxygen atoms in total. The highest BCUT2D eigenvalue weighted by molar-refractivity contribution is 7.85. The maximum absolute atomic E-state index is 11.7. The van der Waals surface area contributed by atoms with Gasteiger partial charge in [-0.3, -0.25) is 4.21 Å². The molecule has 1 rings (SSSR count). The summed E-state index contributed by atoms with van der Waals surface area (Å²) < 4.78 is 17.2. The fourth-order valence-corrected chi connectivity index (χ4v) is 3.13. The second-order valence-electron chi connectivity index (χ2n) is 4.90. The molecule has 4 heteroatoms. The zero-order valence-electron chi connectivity index (χ0n) is 10.5. The summed E-state index contributed by atoms with van der Waals surface area (Å²) in [6.45, 7) is 7.29. The van der Waals surface area contributed by atoms with Gasteiger partial charge in [-0.05, 0) is 38.3 Å². The van der Waals surface area contributed by atoms with Gasteiger partial charge < -0.3 is 10.1 Å². The molecular weight excluding hydrogens is 222 g/mol. The summed E-state index contributed by atoms with van der Waals surface area (Å²) in [4.78, 5) is 0. The predicted molar refractivity (Wildman–Crippen MR) is 69.2 cm³/mol. The third-order valence-corrected chi connectivity index (χ3v) is 4.16. The van der Waals surface area contributed by atoms with Gasteiger partial charge in [-0.25, -0.2) is 0 Å². The van der Waals surface area contributed by atoms with Gasteiger partial charge in [0.15, 0.2) is 0 Å². The second kappa shape index (κ2) is 8.20. The molecule has 0 bridgehead atoms. The molecule has 16 heavy (non-hydrogen) atoms. The molecule has 1 aliphatic rings. The molecule has 1 aliphatic heterocycles. The Morgan fingerprint density at radius 2 is 2.31 bits per heavy atom. The lowest BCUT2D eigenvalue weighted by Crippen LogP contribution is -2.23. The minimum absolute atomic E-state index is 0.268. The van der Waals surface area contributed by atoms with Gasteiger partial charge in [0.05, 0.1) is 6.10 Å². The Balaban J connectivity index is 1.93. The average Bonchev–Trinajstić information content (AvgIpc) is 2.69. The second-order valence-corrected chi connectivity index (χ2v) is 6.52. The van der Waals surface area contributed by atoms with Crippen molar-refractivity contribution in [2.24, 2.45) is 5.92 Å². The van der Waals surface area contributed by atoms with E-state index in [9.17, 15) is 4.21 Å². The fourth-order valence-electron chi connectivity index (χ4n) is 1.82. The number of ether oxygens (including phenoxy) is 1. The lowest BCUT2D eigenvalue weighted by atomic mass is 10.2. The molecule has 0 radical (unpaired) electrons. The van der Waals surface area contributed by atoms with Crippen molar-refractivity contribution in [1.82, 2.24) is 5.32 Å². The third kappa shape index (κ3) is 6.61. The van der Waals surface area contributed by atoms with Gasteiger partial charge in [-0.15, -0.1) is 0 Å². The third-order valence-electron chi connectivity index (χ3n) is 2.67. The van der Waals surface area contributed by atoms with Crippen LogP contribution in [-0.2, 0) is 15.5 Å². The van der Waals surface area contributed by atoms with E-state index in [-0.39, 0.29) is 6.10 Å². The monoisotopic (exact) mass is 247 g/mol. The summed E-state index contributed by atoms with van der Waals surface area (Å²) >= 11 is 0. The van der Waals surface area contributed by atoms with Crippen molar-refractivity contribution in [3.05, 3.63) is 0 Å². The molecule has 1 N–H and O–H groups in total. The summed E-state index contributed by atoms with van der Waals surface area (Å²) in [5.74, 6) is 2.24. The van der Waals surface area contributed by atoms with Gasteiger partial charge >= 0.3 is 0 Å². The zero-order chi connectivity index (χ0) is 11.8. The Morgan fingerprint density at radius 1 is 1.50 bits per heavy atom. The first-order valence-electron chi connectivity index (χ1n) is 6.35. The van der Waals surface area contributed by atoms with Gasteiger partial charge in [0.2, 0.25) is 0 Å². The fraction of sp³-hybridized carbons (Fsp3) is 1.00. The van der Waals surface area contributed by atoms with E-state index in [2.05, 4.69) is 19.2 Å². The Bertz CT molecular complexity index is 203. The quantitative estimate of drug-likeness (QED) is 0.661. The van der Waals surface area contributed by atoms with Crippen molar-refractivity contribution >= 4 is 10.8 Å². The number of hydrogen-bond donors (Lipinski definition) is 1. The van der Waals surface area contributed by atoms with Gasteiger partial charge in [-0.1, -0.05) is 13.8 Å². The Morgan fingerprint density at radius 3 is 2.94 bits per heavy atom. The average molecular weight is 247 g/mol. The SMILES string of the molecule is CC(C)CNCCCS(=O)CC1CCCO1. The Hall–Kier alpha value is 0.0700.